The van der Waals surface area contributed by atoms with Gasteiger partial charge in [-0.05, 0) is 25.0 Å². The second-order valence-corrected chi connectivity index (χ2v) is 5.71. The number of pyridine rings is 1. The summed E-state index contributed by atoms with van der Waals surface area (Å²) in [5, 5.41) is 5.80. The van der Waals surface area contributed by atoms with Crippen molar-refractivity contribution in [2.24, 2.45) is 0 Å². The van der Waals surface area contributed by atoms with Gasteiger partial charge in [0.2, 0.25) is 0 Å². The van der Waals surface area contributed by atoms with Crippen molar-refractivity contribution in [2.75, 3.05) is 41.7 Å². The van der Waals surface area contributed by atoms with Crippen LogP contribution < -0.4 is 15.5 Å². The minimum atomic E-state index is -4.43. The van der Waals surface area contributed by atoms with E-state index in [0.717, 1.165) is 37.8 Å². The van der Waals surface area contributed by atoms with Gasteiger partial charge in [0.1, 0.15) is 23.8 Å². The van der Waals surface area contributed by atoms with E-state index in [2.05, 4.69) is 30.5 Å². The lowest BCUT2D eigenvalue weighted by molar-refractivity contribution is -0.137. The number of anilines is 3. The smallest absolute Gasteiger partial charge is 0.368 e. The molecule has 9 heteroatoms. The molecule has 0 aromatic carbocycles. The van der Waals surface area contributed by atoms with E-state index < -0.39 is 11.7 Å². The highest BCUT2D eigenvalue weighted by Crippen LogP contribution is 2.33. The number of aromatic nitrogens is 3. The van der Waals surface area contributed by atoms with Gasteiger partial charge in [0, 0.05) is 38.4 Å². The van der Waals surface area contributed by atoms with Gasteiger partial charge < -0.3 is 15.5 Å². The summed E-state index contributed by atoms with van der Waals surface area (Å²) in [5.74, 6) is 1.35. The van der Waals surface area contributed by atoms with Crippen LogP contribution >= 0.6 is 0 Å². The van der Waals surface area contributed by atoms with Crippen LogP contribution in [-0.2, 0) is 6.18 Å². The normalized spacial score (nSPS) is 14.6. The zero-order chi connectivity index (χ0) is 17.7. The summed E-state index contributed by atoms with van der Waals surface area (Å²) < 4.78 is 38.7. The number of alkyl halides is 3. The number of hydrogen-bond donors (Lipinski definition) is 2. The molecule has 0 radical (unpaired) electrons. The Morgan fingerprint density at radius 3 is 2.56 bits per heavy atom. The molecule has 0 spiro atoms. The van der Waals surface area contributed by atoms with E-state index in [9.17, 15) is 13.2 Å². The maximum Gasteiger partial charge on any atom is 0.419 e. The van der Waals surface area contributed by atoms with Crippen LogP contribution in [0.25, 0.3) is 0 Å². The Balaban J connectivity index is 1.53. The zero-order valence-electron chi connectivity index (χ0n) is 13.6. The largest absolute Gasteiger partial charge is 0.419 e. The Morgan fingerprint density at radius 2 is 1.80 bits per heavy atom. The fourth-order valence-electron chi connectivity index (χ4n) is 2.71. The van der Waals surface area contributed by atoms with Crippen molar-refractivity contribution in [1.82, 2.24) is 15.0 Å². The molecule has 0 amide bonds. The first-order chi connectivity index (χ1) is 12.0. The molecule has 6 nitrogen and oxygen atoms in total. The molecule has 2 aromatic heterocycles. The molecule has 25 heavy (non-hydrogen) atoms. The second-order valence-electron chi connectivity index (χ2n) is 5.71. The summed E-state index contributed by atoms with van der Waals surface area (Å²) in [4.78, 5) is 14.4. The molecular weight excluding hydrogens is 333 g/mol. The molecule has 1 aliphatic rings. The Labute approximate surface area is 143 Å². The van der Waals surface area contributed by atoms with Crippen LogP contribution in [0.5, 0.6) is 0 Å². The van der Waals surface area contributed by atoms with Gasteiger partial charge in [-0.3, -0.25) is 0 Å². The van der Waals surface area contributed by atoms with Crippen LogP contribution in [-0.4, -0.2) is 41.1 Å². The van der Waals surface area contributed by atoms with Crippen molar-refractivity contribution < 1.29 is 13.2 Å². The Bertz CT molecular complexity index is 700. The highest BCUT2D eigenvalue weighted by Gasteiger charge is 2.33. The molecule has 1 aliphatic heterocycles. The van der Waals surface area contributed by atoms with Crippen LogP contribution in [0.15, 0.2) is 30.7 Å². The summed E-state index contributed by atoms with van der Waals surface area (Å²) in [6, 6.07) is 4.13. The zero-order valence-corrected chi connectivity index (χ0v) is 13.6. The van der Waals surface area contributed by atoms with Crippen LogP contribution in [0.1, 0.15) is 18.4 Å². The summed E-state index contributed by atoms with van der Waals surface area (Å²) in [6.45, 7) is 2.66. The molecule has 134 valence electrons. The molecule has 1 saturated heterocycles. The summed E-state index contributed by atoms with van der Waals surface area (Å²) >= 11 is 0. The van der Waals surface area contributed by atoms with Crippen molar-refractivity contribution in [3.8, 4) is 0 Å². The van der Waals surface area contributed by atoms with E-state index in [1.807, 2.05) is 6.07 Å². The lowest BCUT2D eigenvalue weighted by Crippen LogP contribution is -2.20. The molecule has 2 N–H and O–H groups in total. The van der Waals surface area contributed by atoms with E-state index in [1.54, 1.807) is 0 Å². The highest BCUT2D eigenvalue weighted by atomic mass is 19.4. The monoisotopic (exact) mass is 352 g/mol. The molecule has 0 bridgehead atoms. The van der Waals surface area contributed by atoms with E-state index in [0.29, 0.717) is 12.4 Å². The maximum absolute atomic E-state index is 12.9. The minimum absolute atomic E-state index is 0.169. The number of hydrogen-bond acceptors (Lipinski definition) is 6. The summed E-state index contributed by atoms with van der Waals surface area (Å²) in [5.41, 5.74) is -0.770. The molecule has 1 fully saturated rings. The van der Waals surface area contributed by atoms with Crippen molar-refractivity contribution in [1.29, 1.82) is 0 Å². The topological polar surface area (TPSA) is 66.0 Å². The quantitative estimate of drug-likeness (QED) is 0.779. The standard InChI is InChI=1S/C16H19F3N6/c17-16(18,19)12-4-3-5-21-15(12)22-7-6-20-13-10-14(24-11-23-13)25-8-1-2-9-25/h3-5,10-11H,1-2,6-9H2,(H,21,22)(H,20,23,24). The summed E-state index contributed by atoms with van der Waals surface area (Å²) in [7, 11) is 0. The van der Waals surface area contributed by atoms with Crippen molar-refractivity contribution in [2.45, 2.75) is 19.0 Å². The molecular formula is C16H19F3N6. The molecule has 0 unspecified atom stereocenters. The average molecular weight is 352 g/mol. The number of nitrogens with zero attached hydrogens (tertiary/aromatic N) is 4. The molecule has 0 saturated carbocycles. The van der Waals surface area contributed by atoms with E-state index >= 15 is 0 Å². The first-order valence-electron chi connectivity index (χ1n) is 8.11. The van der Waals surface area contributed by atoms with Gasteiger partial charge in [0.25, 0.3) is 0 Å². The van der Waals surface area contributed by atoms with Crippen molar-refractivity contribution >= 4 is 17.5 Å². The van der Waals surface area contributed by atoms with Gasteiger partial charge in [0.05, 0.1) is 5.56 Å². The number of rotatable bonds is 6. The van der Waals surface area contributed by atoms with Gasteiger partial charge in [0.15, 0.2) is 0 Å². The average Bonchev–Trinajstić information content (AvgIpc) is 3.13. The third-order valence-corrected chi connectivity index (χ3v) is 3.92. The third kappa shape index (κ3) is 4.49. The van der Waals surface area contributed by atoms with Crippen molar-refractivity contribution in [3.05, 3.63) is 36.3 Å². The van der Waals surface area contributed by atoms with Gasteiger partial charge in [-0.2, -0.15) is 13.2 Å². The van der Waals surface area contributed by atoms with Gasteiger partial charge in [-0.25, -0.2) is 15.0 Å². The predicted octanol–water partition coefficient (Wildman–Crippen LogP) is 3.01. The molecule has 3 rings (SSSR count). The minimum Gasteiger partial charge on any atom is -0.368 e. The number of halogens is 3. The van der Waals surface area contributed by atoms with Crippen LogP contribution in [0.4, 0.5) is 30.6 Å². The van der Waals surface area contributed by atoms with Crippen molar-refractivity contribution in [3.63, 3.8) is 0 Å². The van der Waals surface area contributed by atoms with Gasteiger partial charge >= 0.3 is 6.18 Å². The molecule has 2 aromatic rings. The number of nitrogens with one attached hydrogen (secondary N) is 2. The Morgan fingerprint density at radius 1 is 1.04 bits per heavy atom. The van der Waals surface area contributed by atoms with Crippen LogP contribution in [0.3, 0.4) is 0 Å². The van der Waals surface area contributed by atoms with Crippen LogP contribution in [0.2, 0.25) is 0 Å². The second kappa shape index (κ2) is 7.54. The Kier molecular flexibility index (Phi) is 5.20. The van der Waals surface area contributed by atoms with E-state index in [1.165, 1.54) is 18.6 Å². The van der Waals surface area contributed by atoms with Gasteiger partial charge in [-0.15, -0.1) is 0 Å². The summed E-state index contributed by atoms with van der Waals surface area (Å²) in [6.07, 6.45) is 0.702. The van der Waals surface area contributed by atoms with Gasteiger partial charge in [-0.1, -0.05) is 0 Å². The van der Waals surface area contributed by atoms with Crippen LogP contribution in [0, 0.1) is 0 Å². The first kappa shape index (κ1) is 17.2. The maximum atomic E-state index is 12.9. The lowest BCUT2D eigenvalue weighted by Gasteiger charge is -2.17. The highest BCUT2D eigenvalue weighted by molar-refractivity contribution is 5.49. The lowest BCUT2D eigenvalue weighted by atomic mass is 10.2. The van der Waals surface area contributed by atoms with E-state index in [4.69, 9.17) is 0 Å². The first-order valence-corrected chi connectivity index (χ1v) is 8.11. The Hall–Kier alpha value is -2.58. The van der Waals surface area contributed by atoms with E-state index in [-0.39, 0.29) is 12.4 Å². The molecule has 0 aliphatic carbocycles. The SMILES string of the molecule is FC(F)(F)c1cccnc1NCCNc1cc(N2CCCC2)ncn1. The third-order valence-electron chi connectivity index (χ3n) is 3.92. The molecule has 0 atom stereocenters. The fraction of sp³-hybridized carbons (Fsp3) is 0.438. The predicted molar refractivity (Wildman–Crippen MR) is 89.7 cm³/mol. The fourth-order valence-corrected chi connectivity index (χ4v) is 2.71. The molecule has 3 heterocycles.